The second kappa shape index (κ2) is 12.9. The highest BCUT2D eigenvalue weighted by Gasteiger charge is 2.56. The zero-order valence-electron chi connectivity index (χ0n) is 19.2. The van der Waals surface area contributed by atoms with Gasteiger partial charge in [-0.05, 0) is 46.5 Å². The maximum absolute atomic E-state index is 11.0. The van der Waals surface area contributed by atoms with E-state index in [4.69, 9.17) is 30.9 Å². The predicted octanol–water partition coefficient (Wildman–Crippen LogP) is 4.99. The Bertz CT molecular complexity index is 947. The Kier molecular flexibility index (Phi) is 10.2. The van der Waals surface area contributed by atoms with E-state index in [2.05, 4.69) is 20.8 Å². The van der Waals surface area contributed by atoms with Crippen LogP contribution in [0.5, 0.6) is 5.75 Å². The molecule has 0 bridgehead atoms. The van der Waals surface area contributed by atoms with Gasteiger partial charge in [-0.2, -0.15) is 0 Å². The molecule has 186 valence electrons. The number of carboxylic acid groups (broad SMARTS) is 1. The van der Waals surface area contributed by atoms with E-state index in [1.165, 1.54) is 0 Å². The highest BCUT2D eigenvalue weighted by molar-refractivity contribution is 9.10. The number of ether oxygens (including phenoxy) is 3. The molecule has 0 aromatic heterocycles. The quantitative estimate of drug-likeness (QED) is 0.181. The number of hydrogen-bond acceptors (Lipinski definition) is 6. The second-order valence-corrected chi connectivity index (χ2v) is 9.60. The van der Waals surface area contributed by atoms with Gasteiger partial charge in [-0.15, -0.1) is 0 Å². The summed E-state index contributed by atoms with van der Waals surface area (Å²) in [5.74, 6) is -0.183. The summed E-state index contributed by atoms with van der Waals surface area (Å²) in [5.41, 5.74) is 1.41. The van der Waals surface area contributed by atoms with Crippen LogP contribution in [0.25, 0.3) is 0 Å². The fourth-order valence-corrected chi connectivity index (χ4v) is 5.22. The number of aliphatic carboxylic acids is 1. The summed E-state index contributed by atoms with van der Waals surface area (Å²) in [5, 5.41) is 20.0. The summed E-state index contributed by atoms with van der Waals surface area (Å²) >= 11 is 10.0. The van der Waals surface area contributed by atoms with Crippen molar-refractivity contribution < 1.29 is 29.2 Å². The molecule has 34 heavy (non-hydrogen) atoms. The summed E-state index contributed by atoms with van der Waals surface area (Å²) in [6.45, 7) is 1.56. The number of benzene rings is 2. The van der Waals surface area contributed by atoms with Crippen LogP contribution in [0.1, 0.15) is 42.9 Å². The van der Waals surface area contributed by atoms with Gasteiger partial charge in [0.15, 0.2) is 6.79 Å². The van der Waals surface area contributed by atoms with E-state index in [1.807, 2.05) is 36.4 Å². The molecule has 2 aromatic rings. The van der Waals surface area contributed by atoms with Gasteiger partial charge in [-0.25, -0.2) is 0 Å². The third kappa shape index (κ3) is 6.71. The van der Waals surface area contributed by atoms with Crippen molar-refractivity contribution in [3.63, 3.8) is 0 Å². The van der Waals surface area contributed by atoms with Crippen LogP contribution in [0.2, 0.25) is 5.02 Å². The Morgan fingerprint density at radius 1 is 1.24 bits per heavy atom. The van der Waals surface area contributed by atoms with E-state index in [0.29, 0.717) is 54.3 Å². The number of halogens is 2. The lowest BCUT2D eigenvalue weighted by Gasteiger charge is -2.27. The first-order valence-electron chi connectivity index (χ1n) is 11.3. The standard InChI is InChI=1S/C25H31BrClNO6/c1-32-11-12-33-17-34-24-20(13-19(27)14-21(24)26)22(9-5-6-10-23(30)31)28-15-25(28,16-29)18-7-3-2-4-8-18/h2-4,7-8,13-14,22,29H,5-6,9-12,15-17H2,1H3,(H,30,31). The summed E-state index contributed by atoms with van der Waals surface area (Å²) < 4.78 is 17.2. The molecule has 0 spiro atoms. The fraction of sp³-hybridized carbons (Fsp3) is 0.480. The molecular weight excluding hydrogens is 526 g/mol. The van der Waals surface area contributed by atoms with Gasteiger partial charge in [0.05, 0.1) is 29.8 Å². The van der Waals surface area contributed by atoms with Crippen LogP contribution < -0.4 is 4.74 Å². The fourth-order valence-electron chi connectivity index (χ4n) is 4.27. The highest BCUT2D eigenvalue weighted by atomic mass is 79.9. The Hall–Kier alpha value is -1.68. The molecule has 1 saturated heterocycles. The molecule has 3 unspecified atom stereocenters. The summed E-state index contributed by atoms with van der Waals surface area (Å²) in [6, 6.07) is 13.4. The minimum atomic E-state index is -0.806. The van der Waals surface area contributed by atoms with Gasteiger partial charge in [0.25, 0.3) is 0 Å². The number of methoxy groups -OCH3 is 1. The minimum Gasteiger partial charge on any atom is -0.481 e. The second-order valence-electron chi connectivity index (χ2n) is 8.31. The van der Waals surface area contributed by atoms with E-state index in [9.17, 15) is 9.90 Å². The largest absolute Gasteiger partial charge is 0.481 e. The molecule has 3 rings (SSSR count). The number of rotatable bonds is 15. The van der Waals surface area contributed by atoms with Crippen LogP contribution in [0.15, 0.2) is 46.9 Å². The van der Waals surface area contributed by atoms with E-state index in [0.717, 1.165) is 11.1 Å². The topological polar surface area (TPSA) is 88.2 Å². The Morgan fingerprint density at radius 2 is 2.00 bits per heavy atom. The van der Waals surface area contributed by atoms with Crippen molar-refractivity contribution in [3.8, 4) is 5.75 Å². The van der Waals surface area contributed by atoms with Crippen LogP contribution in [0.4, 0.5) is 0 Å². The van der Waals surface area contributed by atoms with Crippen molar-refractivity contribution in [2.45, 2.75) is 37.3 Å². The van der Waals surface area contributed by atoms with E-state index < -0.39 is 11.5 Å². The SMILES string of the molecule is COCCOCOc1c(Br)cc(Cl)cc1C(CCCCC(=O)O)N1CC1(CO)c1ccccc1. The number of carboxylic acids is 1. The van der Waals surface area contributed by atoms with Gasteiger partial charge >= 0.3 is 5.97 Å². The van der Waals surface area contributed by atoms with Crippen LogP contribution in [-0.4, -0.2) is 61.4 Å². The van der Waals surface area contributed by atoms with Crippen molar-refractivity contribution in [2.75, 3.05) is 40.3 Å². The lowest BCUT2D eigenvalue weighted by Crippen LogP contribution is -2.25. The van der Waals surface area contributed by atoms with Crippen LogP contribution in [-0.2, 0) is 19.8 Å². The lowest BCUT2D eigenvalue weighted by atomic mass is 9.96. The number of nitrogens with zero attached hydrogens (tertiary/aromatic N) is 1. The van der Waals surface area contributed by atoms with E-state index in [1.54, 1.807) is 13.2 Å². The summed E-state index contributed by atoms with van der Waals surface area (Å²) in [4.78, 5) is 13.3. The average molecular weight is 557 g/mol. The molecule has 1 fully saturated rings. The monoisotopic (exact) mass is 555 g/mol. The van der Waals surface area contributed by atoms with Crippen molar-refractivity contribution in [1.29, 1.82) is 0 Å². The molecule has 0 amide bonds. The van der Waals surface area contributed by atoms with Gasteiger partial charge in [-0.3, -0.25) is 9.69 Å². The molecule has 9 heteroatoms. The Morgan fingerprint density at radius 3 is 2.68 bits per heavy atom. The number of hydrogen-bond donors (Lipinski definition) is 2. The molecule has 2 N–H and O–H groups in total. The maximum Gasteiger partial charge on any atom is 0.303 e. The number of carbonyl (C=O) groups is 1. The van der Waals surface area contributed by atoms with Crippen LogP contribution in [0.3, 0.4) is 0 Å². The number of aliphatic hydroxyl groups is 1. The minimum absolute atomic E-state index is 0.0271. The van der Waals surface area contributed by atoms with Gasteiger partial charge in [0.1, 0.15) is 5.75 Å². The lowest BCUT2D eigenvalue weighted by molar-refractivity contribution is -0.137. The molecule has 2 aromatic carbocycles. The maximum atomic E-state index is 11.0. The van der Waals surface area contributed by atoms with Gasteiger partial charge in [-0.1, -0.05) is 48.4 Å². The van der Waals surface area contributed by atoms with Crippen molar-refractivity contribution >= 4 is 33.5 Å². The Balaban J connectivity index is 1.89. The zero-order chi connectivity index (χ0) is 24.6. The number of unbranched alkanes of at least 4 members (excludes halogenated alkanes) is 1. The van der Waals surface area contributed by atoms with Crippen LogP contribution in [0, 0.1) is 0 Å². The van der Waals surface area contributed by atoms with Crippen LogP contribution >= 0.6 is 27.5 Å². The third-order valence-corrected chi connectivity index (χ3v) is 6.87. The smallest absolute Gasteiger partial charge is 0.303 e. The Labute approximate surface area is 213 Å². The summed E-state index contributed by atoms with van der Waals surface area (Å²) in [6.07, 6.45) is 2.08. The molecule has 0 saturated carbocycles. The molecule has 1 aliphatic heterocycles. The van der Waals surface area contributed by atoms with Crippen molar-refractivity contribution in [1.82, 2.24) is 4.90 Å². The van der Waals surface area contributed by atoms with Crippen molar-refractivity contribution in [3.05, 3.63) is 63.1 Å². The first-order chi connectivity index (χ1) is 16.4. The van der Waals surface area contributed by atoms with Crippen molar-refractivity contribution in [2.24, 2.45) is 0 Å². The first-order valence-corrected chi connectivity index (χ1v) is 12.4. The first kappa shape index (κ1) is 26.9. The third-order valence-electron chi connectivity index (χ3n) is 6.06. The van der Waals surface area contributed by atoms with Gasteiger partial charge in [0, 0.05) is 36.7 Å². The molecule has 1 heterocycles. The number of aliphatic hydroxyl groups excluding tert-OH is 1. The molecule has 7 nitrogen and oxygen atoms in total. The molecule has 1 aliphatic rings. The molecule has 0 aliphatic carbocycles. The average Bonchev–Trinajstić information content (AvgIpc) is 3.56. The van der Waals surface area contributed by atoms with Gasteiger partial charge < -0.3 is 24.4 Å². The molecule has 0 radical (unpaired) electrons. The van der Waals surface area contributed by atoms with E-state index in [-0.39, 0.29) is 25.9 Å². The summed E-state index contributed by atoms with van der Waals surface area (Å²) in [7, 11) is 1.61. The molecular formula is C25H31BrClNO6. The highest BCUT2D eigenvalue weighted by Crippen LogP contribution is 2.52. The van der Waals surface area contributed by atoms with Gasteiger partial charge in [0.2, 0.25) is 0 Å². The normalized spacial score (nSPS) is 20.2. The predicted molar refractivity (Wildman–Crippen MR) is 133 cm³/mol. The zero-order valence-corrected chi connectivity index (χ0v) is 21.6. The van der Waals surface area contributed by atoms with E-state index >= 15 is 0 Å². The molecule has 3 atom stereocenters.